The molecule has 4 N–H and O–H groups in total. The monoisotopic (exact) mass is 622 g/mol. The lowest BCUT2D eigenvalue weighted by Gasteiger charge is -2.30. The Labute approximate surface area is 267 Å². The molecule has 5 rings (SSSR count). The molecule has 3 aliphatic rings. The highest BCUT2D eigenvalue weighted by atomic mass is 16.5. The molecule has 2 saturated heterocycles. The van der Waals surface area contributed by atoms with Crippen molar-refractivity contribution in [3.63, 3.8) is 0 Å². The van der Waals surface area contributed by atoms with Gasteiger partial charge in [0.05, 0.1) is 49.8 Å². The Kier molecular flexibility index (Phi) is 12.0. The number of carbonyl (C=O) groups is 2. The van der Waals surface area contributed by atoms with Crippen molar-refractivity contribution in [3.8, 4) is 0 Å². The fraction of sp³-hybridized carbons (Fsp3) is 0.600. The van der Waals surface area contributed by atoms with Gasteiger partial charge in [-0.15, -0.1) is 0 Å². The highest BCUT2D eigenvalue weighted by molar-refractivity contribution is 6.32. The summed E-state index contributed by atoms with van der Waals surface area (Å²) in [6.45, 7) is 11.6. The van der Waals surface area contributed by atoms with Crippen molar-refractivity contribution in [2.75, 3.05) is 89.4 Å². The molecule has 0 radical (unpaired) electrons. The second-order valence-electron chi connectivity index (χ2n) is 12.8. The number of hydrogen-bond acceptors (Lipinski definition) is 10. The first-order chi connectivity index (χ1) is 21.8. The third kappa shape index (κ3) is 8.69. The number of rotatable bonds is 15. The molecule has 0 amide bonds. The maximum atomic E-state index is 14.2. The number of nitrogens with zero attached hydrogens (tertiary/aromatic N) is 2. The molecule has 3 unspecified atom stereocenters. The summed E-state index contributed by atoms with van der Waals surface area (Å²) in [7, 11) is 0. The first-order valence-corrected chi connectivity index (χ1v) is 16.7. The largest absolute Gasteiger partial charge is 0.390 e. The SMILES string of the molecule is CCCC(C)CCc1ccc2c(c1)C(=O)c1c(NCC(O)CN3CCOCC3)ccc(NCC(O)CN3CCOCC3)c1C2=O. The fourth-order valence-electron chi connectivity index (χ4n) is 6.57. The van der Waals surface area contributed by atoms with Crippen molar-refractivity contribution in [1.29, 1.82) is 0 Å². The topological polar surface area (TPSA) is 124 Å². The van der Waals surface area contributed by atoms with Gasteiger partial charge in [0.2, 0.25) is 0 Å². The number of aryl methyl sites for hydroxylation is 1. The highest BCUT2D eigenvalue weighted by Crippen LogP contribution is 2.37. The summed E-state index contributed by atoms with van der Waals surface area (Å²) < 4.78 is 10.8. The van der Waals surface area contributed by atoms with E-state index in [1.165, 1.54) is 6.42 Å². The number of β-amino-alcohol motifs (C(OH)–C–C–N with tert-alkyl or cyclic N) is 2. The molecule has 0 saturated carbocycles. The maximum absolute atomic E-state index is 14.2. The number of anilines is 2. The molecule has 2 aromatic rings. The van der Waals surface area contributed by atoms with E-state index in [1.807, 2.05) is 12.1 Å². The fourth-order valence-corrected chi connectivity index (χ4v) is 6.57. The van der Waals surface area contributed by atoms with Gasteiger partial charge in [0, 0.05) is 74.9 Å². The third-order valence-electron chi connectivity index (χ3n) is 9.14. The number of hydrogen-bond donors (Lipinski definition) is 4. The summed E-state index contributed by atoms with van der Waals surface area (Å²) in [5.74, 6) is 0.176. The van der Waals surface area contributed by atoms with E-state index in [-0.39, 0.29) is 24.7 Å². The number of fused-ring (bicyclic) bond motifs is 2. The van der Waals surface area contributed by atoms with Crippen LogP contribution in [0.2, 0.25) is 0 Å². The van der Waals surface area contributed by atoms with Gasteiger partial charge in [-0.3, -0.25) is 19.4 Å². The summed E-state index contributed by atoms with van der Waals surface area (Å²) in [5.41, 5.74) is 3.55. The van der Waals surface area contributed by atoms with E-state index in [0.29, 0.717) is 79.1 Å². The van der Waals surface area contributed by atoms with Crippen molar-refractivity contribution in [2.24, 2.45) is 5.92 Å². The van der Waals surface area contributed by atoms with Crippen LogP contribution in [-0.2, 0) is 15.9 Å². The first-order valence-electron chi connectivity index (χ1n) is 16.7. The van der Waals surface area contributed by atoms with Crippen LogP contribution in [-0.4, -0.2) is 123 Å². The Morgan fingerprint density at radius 3 is 1.78 bits per heavy atom. The second-order valence-corrected chi connectivity index (χ2v) is 12.8. The van der Waals surface area contributed by atoms with Gasteiger partial charge in [0.15, 0.2) is 11.6 Å². The molecule has 0 spiro atoms. The van der Waals surface area contributed by atoms with Gasteiger partial charge < -0.3 is 30.3 Å². The Balaban J connectivity index is 1.37. The molecule has 10 heteroatoms. The Bertz CT molecular complexity index is 1310. The van der Waals surface area contributed by atoms with Crippen LogP contribution < -0.4 is 10.6 Å². The van der Waals surface area contributed by atoms with Crippen molar-refractivity contribution >= 4 is 22.9 Å². The van der Waals surface area contributed by atoms with E-state index >= 15 is 0 Å². The molecule has 10 nitrogen and oxygen atoms in total. The van der Waals surface area contributed by atoms with Crippen LogP contribution in [0.1, 0.15) is 70.5 Å². The molecule has 45 heavy (non-hydrogen) atoms. The standard InChI is InChI=1S/C35H50N4O6/c1-3-4-24(2)5-6-25-7-8-28-29(19-25)35(43)33-31(37-21-27(41)23-39-13-17-45-18-14-39)10-9-30(32(33)34(28)42)36-20-26(40)22-38-11-15-44-16-12-38/h7-10,19,24,26-27,36-37,40-41H,3-6,11-18,20-23H2,1-2H3. The number of morpholine rings is 2. The zero-order chi connectivity index (χ0) is 31.8. The number of ether oxygens (including phenoxy) is 2. The molecule has 0 aromatic heterocycles. The molecule has 246 valence electrons. The van der Waals surface area contributed by atoms with Crippen molar-refractivity contribution in [2.45, 2.75) is 51.7 Å². The van der Waals surface area contributed by atoms with Crippen LogP contribution >= 0.6 is 0 Å². The van der Waals surface area contributed by atoms with Gasteiger partial charge in [-0.1, -0.05) is 38.8 Å². The van der Waals surface area contributed by atoms with E-state index in [2.05, 4.69) is 34.3 Å². The summed E-state index contributed by atoms with van der Waals surface area (Å²) in [6, 6.07) is 9.24. The number of aliphatic hydroxyl groups is 2. The summed E-state index contributed by atoms with van der Waals surface area (Å²) >= 11 is 0. The summed E-state index contributed by atoms with van der Waals surface area (Å²) in [4.78, 5) is 32.6. The average molecular weight is 623 g/mol. The Hall–Kier alpha value is -2.86. The van der Waals surface area contributed by atoms with Crippen LogP contribution in [0.15, 0.2) is 30.3 Å². The van der Waals surface area contributed by atoms with Crippen LogP contribution in [0.25, 0.3) is 0 Å². The van der Waals surface area contributed by atoms with Gasteiger partial charge in [-0.2, -0.15) is 0 Å². The average Bonchev–Trinajstić information content (AvgIpc) is 3.05. The van der Waals surface area contributed by atoms with Crippen LogP contribution in [0.5, 0.6) is 0 Å². The lowest BCUT2D eigenvalue weighted by Crippen LogP contribution is -2.43. The smallest absolute Gasteiger partial charge is 0.196 e. The number of ketones is 2. The minimum atomic E-state index is -0.662. The lowest BCUT2D eigenvalue weighted by atomic mass is 9.81. The molecule has 1 aliphatic carbocycles. The van der Waals surface area contributed by atoms with E-state index in [0.717, 1.165) is 51.0 Å². The summed E-state index contributed by atoms with van der Waals surface area (Å²) in [5, 5.41) is 28.1. The molecule has 2 aliphatic heterocycles. The lowest BCUT2D eigenvalue weighted by molar-refractivity contribution is 0.0169. The molecular weight excluding hydrogens is 572 g/mol. The first kappa shape index (κ1) is 33.5. The van der Waals surface area contributed by atoms with Gasteiger partial charge >= 0.3 is 0 Å². The predicted octanol–water partition coefficient (Wildman–Crippen LogP) is 3.04. The van der Waals surface area contributed by atoms with Crippen molar-refractivity contribution < 1.29 is 29.3 Å². The van der Waals surface area contributed by atoms with Crippen LogP contribution in [0.4, 0.5) is 11.4 Å². The second kappa shape index (κ2) is 16.1. The number of carbonyl (C=O) groups excluding carboxylic acids is 2. The minimum absolute atomic E-state index is 0.203. The zero-order valence-corrected chi connectivity index (χ0v) is 26.9. The Morgan fingerprint density at radius 1 is 0.756 bits per heavy atom. The normalized spacial score (nSPS) is 19.5. The Morgan fingerprint density at radius 2 is 1.27 bits per heavy atom. The van der Waals surface area contributed by atoms with Crippen molar-refractivity contribution in [3.05, 3.63) is 58.1 Å². The highest BCUT2D eigenvalue weighted by Gasteiger charge is 2.34. The van der Waals surface area contributed by atoms with E-state index < -0.39 is 12.2 Å². The third-order valence-corrected chi connectivity index (χ3v) is 9.14. The van der Waals surface area contributed by atoms with Gasteiger partial charge in [0.1, 0.15) is 0 Å². The number of aliphatic hydroxyl groups excluding tert-OH is 2. The van der Waals surface area contributed by atoms with Crippen molar-refractivity contribution in [1.82, 2.24) is 9.80 Å². The zero-order valence-electron chi connectivity index (χ0n) is 26.9. The molecule has 2 fully saturated rings. The number of benzene rings is 2. The quantitative estimate of drug-likeness (QED) is 0.201. The van der Waals surface area contributed by atoms with Gasteiger partial charge in [0.25, 0.3) is 0 Å². The molecular formula is C35H50N4O6. The predicted molar refractivity (Wildman–Crippen MR) is 176 cm³/mol. The van der Waals surface area contributed by atoms with E-state index in [4.69, 9.17) is 9.47 Å². The van der Waals surface area contributed by atoms with E-state index in [9.17, 15) is 19.8 Å². The molecule has 2 heterocycles. The van der Waals surface area contributed by atoms with Crippen LogP contribution in [0.3, 0.4) is 0 Å². The summed E-state index contributed by atoms with van der Waals surface area (Å²) in [6.07, 6.45) is 2.87. The van der Waals surface area contributed by atoms with E-state index in [1.54, 1.807) is 18.2 Å². The number of nitrogens with one attached hydrogen (secondary N) is 2. The van der Waals surface area contributed by atoms with Crippen LogP contribution in [0, 0.1) is 5.92 Å². The molecule has 3 atom stereocenters. The molecule has 2 aromatic carbocycles. The minimum Gasteiger partial charge on any atom is -0.390 e. The maximum Gasteiger partial charge on any atom is 0.196 e. The van der Waals surface area contributed by atoms with Gasteiger partial charge in [-0.25, -0.2) is 0 Å². The van der Waals surface area contributed by atoms with Gasteiger partial charge in [-0.05, 0) is 42.5 Å². The molecule has 0 bridgehead atoms.